The summed E-state index contributed by atoms with van der Waals surface area (Å²) in [5, 5.41) is 2.70. The molecule has 1 N–H and O–H groups in total. The highest BCUT2D eigenvalue weighted by Crippen LogP contribution is 2.39. The molecule has 1 aliphatic rings. The van der Waals surface area contributed by atoms with Crippen molar-refractivity contribution in [2.45, 2.75) is 21.3 Å². The van der Waals surface area contributed by atoms with Crippen molar-refractivity contribution < 1.29 is 37.0 Å². The van der Waals surface area contributed by atoms with Crippen molar-refractivity contribution in [2.24, 2.45) is 0 Å². The smallest absolute Gasteiger partial charge is 0.410 e. The number of halogens is 2. The van der Waals surface area contributed by atoms with Crippen LogP contribution in [0.2, 0.25) is 0 Å². The van der Waals surface area contributed by atoms with Crippen LogP contribution >= 0.6 is 23.2 Å². The molecule has 1 fully saturated rings. The maximum atomic E-state index is 14.5. The van der Waals surface area contributed by atoms with E-state index in [0.717, 1.165) is 10.5 Å². The minimum Gasteiger partial charge on any atom is -0.493 e. The average molecular weight is 727 g/mol. The molecule has 4 aromatic carbocycles. The molecule has 4 aromatic rings. The second kappa shape index (κ2) is 15.2. The van der Waals surface area contributed by atoms with Crippen LogP contribution in [-0.2, 0) is 26.0 Å². The van der Waals surface area contributed by atoms with Gasteiger partial charge in [0.25, 0.3) is 10.2 Å². The van der Waals surface area contributed by atoms with Crippen molar-refractivity contribution in [3.05, 3.63) is 120 Å². The number of ketones is 1. The number of anilines is 1. The Kier molecular flexibility index (Phi) is 11.0. The molecule has 2 unspecified atom stereocenters. The Morgan fingerprint density at radius 1 is 0.857 bits per heavy atom. The zero-order chi connectivity index (χ0) is 35.2. The molecule has 0 bridgehead atoms. The third kappa shape index (κ3) is 7.46. The maximum Gasteiger partial charge on any atom is 0.410 e. The Hall–Kier alpha value is -4.78. The van der Waals surface area contributed by atoms with E-state index in [4.69, 9.17) is 37.4 Å². The number of amides is 2. The highest BCUT2D eigenvalue weighted by atomic mass is 35.5. The van der Waals surface area contributed by atoms with Crippen LogP contribution in [0.1, 0.15) is 21.5 Å². The van der Waals surface area contributed by atoms with E-state index in [0.29, 0.717) is 5.56 Å². The first-order valence-electron chi connectivity index (χ1n) is 15.0. The summed E-state index contributed by atoms with van der Waals surface area (Å²) in [6.45, 7) is -0.330. The molecule has 0 saturated carbocycles. The van der Waals surface area contributed by atoms with Crippen LogP contribution in [0.15, 0.2) is 108 Å². The number of alkyl halides is 2. The monoisotopic (exact) mass is 725 g/mol. The molecule has 5 rings (SSSR count). The van der Waals surface area contributed by atoms with Gasteiger partial charge in [0.05, 0.1) is 25.7 Å². The number of para-hydroxylation sites is 1. The fourth-order valence-corrected chi connectivity index (χ4v) is 7.48. The zero-order valence-electron chi connectivity index (χ0n) is 26.5. The van der Waals surface area contributed by atoms with E-state index in [1.165, 1.54) is 49.5 Å². The average Bonchev–Trinajstić information content (AvgIpc) is 3.13. The SMILES string of the molecule is COc1ccc(S(=O)(=O)C(Cl)(Nc2ccccc2C(=O)c2ccccc2)C(=O)N2CCN(C(=O)OCc3ccccc3)CC2Cl)cc1OC. The van der Waals surface area contributed by atoms with E-state index < -0.39 is 37.5 Å². The first-order valence-corrected chi connectivity index (χ1v) is 17.3. The molecular formula is C35H33Cl2N3O8S. The summed E-state index contributed by atoms with van der Waals surface area (Å²) in [4.78, 5) is 42.9. The van der Waals surface area contributed by atoms with Crippen molar-refractivity contribution in [1.29, 1.82) is 0 Å². The highest BCUT2D eigenvalue weighted by Gasteiger charge is 2.54. The molecule has 11 nitrogen and oxygen atoms in total. The number of nitrogens with zero attached hydrogens (tertiary/aromatic N) is 2. The number of hydrogen-bond donors (Lipinski definition) is 1. The lowest BCUT2D eigenvalue weighted by atomic mass is 10.0. The van der Waals surface area contributed by atoms with Gasteiger partial charge < -0.3 is 29.3 Å². The largest absolute Gasteiger partial charge is 0.493 e. The van der Waals surface area contributed by atoms with Crippen LogP contribution < -0.4 is 14.8 Å². The molecular weight excluding hydrogens is 693 g/mol. The Labute approximate surface area is 294 Å². The van der Waals surface area contributed by atoms with E-state index in [2.05, 4.69) is 5.32 Å². The van der Waals surface area contributed by atoms with Gasteiger partial charge in [0.2, 0.25) is 9.84 Å². The van der Waals surface area contributed by atoms with Gasteiger partial charge in [0, 0.05) is 36.0 Å². The van der Waals surface area contributed by atoms with Crippen molar-refractivity contribution >= 4 is 56.5 Å². The van der Waals surface area contributed by atoms with E-state index >= 15 is 0 Å². The maximum absolute atomic E-state index is 14.5. The van der Waals surface area contributed by atoms with Crippen molar-refractivity contribution in [3.8, 4) is 11.5 Å². The number of methoxy groups -OCH3 is 2. The Morgan fingerprint density at radius 2 is 1.49 bits per heavy atom. The van der Waals surface area contributed by atoms with Gasteiger partial charge >= 0.3 is 6.09 Å². The summed E-state index contributed by atoms with van der Waals surface area (Å²) in [6, 6.07) is 27.4. The predicted octanol–water partition coefficient (Wildman–Crippen LogP) is 5.76. The van der Waals surface area contributed by atoms with Gasteiger partial charge in [-0.15, -0.1) is 0 Å². The quantitative estimate of drug-likeness (QED) is 0.117. The fourth-order valence-electron chi connectivity index (χ4n) is 5.22. The molecule has 2 atom stereocenters. The first kappa shape index (κ1) is 35.5. The summed E-state index contributed by atoms with van der Waals surface area (Å²) in [7, 11) is -2.13. The molecule has 1 aliphatic heterocycles. The van der Waals surface area contributed by atoms with Gasteiger partial charge in [-0.1, -0.05) is 96.0 Å². The Balaban J connectivity index is 1.48. The molecule has 0 radical (unpaired) electrons. The summed E-state index contributed by atoms with van der Waals surface area (Å²) in [5.74, 6) is -1.23. The minimum absolute atomic E-state index is 0.0157. The van der Waals surface area contributed by atoms with Gasteiger partial charge in [-0.3, -0.25) is 9.59 Å². The van der Waals surface area contributed by atoms with Crippen LogP contribution in [0.5, 0.6) is 11.5 Å². The van der Waals surface area contributed by atoms with Gasteiger partial charge in [0.15, 0.2) is 17.3 Å². The van der Waals surface area contributed by atoms with Gasteiger partial charge in [-0.25, -0.2) is 13.2 Å². The predicted molar refractivity (Wildman–Crippen MR) is 185 cm³/mol. The van der Waals surface area contributed by atoms with E-state index in [9.17, 15) is 22.8 Å². The molecule has 256 valence electrons. The van der Waals surface area contributed by atoms with Crippen molar-refractivity contribution in [3.63, 3.8) is 0 Å². The number of nitrogens with one attached hydrogen (secondary N) is 1. The zero-order valence-corrected chi connectivity index (χ0v) is 28.9. The third-order valence-corrected chi connectivity index (χ3v) is 11.0. The first-order chi connectivity index (χ1) is 23.5. The topological polar surface area (TPSA) is 132 Å². The van der Waals surface area contributed by atoms with Crippen LogP contribution in [0.4, 0.5) is 10.5 Å². The second-order valence-corrected chi connectivity index (χ2v) is 14.3. The lowest BCUT2D eigenvalue weighted by Crippen LogP contribution is -2.62. The highest BCUT2D eigenvalue weighted by molar-refractivity contribution is 7.95. The number of benzene rings is 4. The molecule has 2 amide bonds. The summed E-state index contributed by atoms with van der Waals surface area (Å²) in [5.41, 5.74) is -0.00809. The van der Waals surface area contributed by atoms with Crippen molar-refractivity contribution in [1.82, 2.24) is 9.80 Å². The second-order valence-electron chi connectivity index (χ2n) is 10.9. The van der Waals surface area contributed by atoms with E-state index in [1.807, 2.05) is 30.3 Å². The fraction of sp³-hybridized carbons (Fsp3) is 0.229. The van der Waals surface area contributed by atoms with Crippen LogP contribution in [0.3, 0.4) is 0 Å². The molecule has 1 heterocycles. The van der Waals surface area contributed by atoms with Gasteiger partial charge in [0.1, 0.15) is 12.1 Å². The van der Waals surface area contributed by atoms with Gasteiger partial charge in [-0.2, -0.15) is 0 Å². The third-order valence-electron chi connectivity index (χ3n) is 7.86. The standard InChI is InChI=1S/C35H33Cl2N3O8S/c1-46-29-18-17-26(21-30(29)47-2)49(44,45)35(37,38-28-16-10-9-15-27(28)32(41)25-13-7-4-8-14-25)33(42)40-20-19-39(22-31(40)36)34(43)48-23-24-11-5-3-6-12-24/h3-18,21,31,38H,19-20,22-23H2,1-2H3. The number of sulfone groups is 1. The van der Waals surface area contributed by atoms with E-state index in [1.54, 1.807) is 42.5 Å². The molecule has 14 heteroatoms. The van der Waals surface area contributed by atoms with Crippen LogP contribution in [-0.4, -0.2) is 79.7 Å². The number of rotatable bonds is 11. The molecule has 0 aliphatic carbocycles. The van der Waals surface area contributed by atoms with Gasteiger partial charge in [-0.05, 0) is 29.8 Å². The lowest BCUT2D eigenvalue weighted by molar-refractivity contribution is -0.134. The summed E-state index contributed by atoms with van der Waals surface area (Å²) in [6.07, 6.45) is -0.650. The number of carbonyl (C=O) groups excluding carboxylic acids is 3. The van der Waals surface area contributed by atoms with Crippen LogP contribution in [0.25, 0.3) is 0 Å². The number of hydrogen-bond acceptors (Lipinski definition) is 9. The molecule has 49 heavy (non-hydrogen) atoms. The summed E-state index contributed by atoms with van der Waals surface area (Å²) < 4.78 is 42.1. The number of carbonyl (C=O) groups is 3. The number of piperazine rings is 1. The van der Waals surface area contributed by atoms with Crippen LogP contribution in [0, 0.1) is 0 Å². The minimum atomic E-state index is -4.85. The van der Waals surface area contributed by atoms with E-state index in [-0.39, 0.29) is 53.9 Å². The lowest BCUT2D eigenvalue weighted by Gasteiger charge is -2.41. The summed E-state index contributed by atoms with van der Waals surface area (Å²) >= 11 is 13.7. The Bertz CT molecular complexity index is 1930. The molecule has 0 spiro atoms. The number of ether oxygens (including phenoxy) is 3. The van der Waals surface area contributed by atoms with Crippen molar-refractivity contribution in [2.75, 3.05) is 39.2 Å². The molecule has 1 saturated heterocycles. The normalized spacial score (nSPS) is 15.9. The molecule has 0 aromatic heterocycles. The Morgan fingerprint density at radius 3 is 2.14 bits per heavy atom.